The van der Waals surface area contributed by atoms with Gasteiger partial charge >= 0.3 is 16.1 Å². The summed E-state index contributed by atoms with van der Waals surface area (Å²) in [6.07, 6.45) is 2.23. The molecule has 36 heavy (non-hydrogen) atoms. The molecular formula is C22H23BrN4O5S4. The average Bonchev–Trinajstić information content (AvgIpc) is 3.23. The van der Waals surface area contributed by atoms with Gasteiger partial charge in [0, 0.05) is 10.7 Å². The second kappa shape index (κ2) is 11.0. The number of hydrogen-bond donors (Lipinski definition) is 2. The van der Waals surface area contributed by atoms with Crippen molar-refractivity contribution >= 4 is 70.7 Å². The summed E-state index contributed by atoms with van der Waals surface area (Å²) in [4.78, 5) is 16.6. The highest BCUT2D eigenvalue weighted by molar-refractivity contribution is 9.10. The molecule has 0 saturated heterocycles. The lowest BCUT2D eigenvalue weighted by Gasteiger charge is -2.19. The van der Waals surface area contributed by atoms with Gasteiger partial charge in [0.15, 0.2) is 5.03 Å². The van der Waals surface area contributed by atoms with E-state index in [4.69, 9.17) is 10.1 Å². The van der Waals surface area contributed by atoms with Crippen molar-refractivity contribution in [3.05, 3.63) is 64.1 Å². The van der Waals surface area contributed by atoms with Gasteiger partial charge in [-0.2, -0.15) is 8.42 Å². The molecule has 0 bridgehead atoms. The van der Waals surface area contributed by atoms with Crippen molar-refractivity contribution in [2.75, 3.05) is 6.26 Å². The number of halogens is 1. The molecule has 0 aliphatic carbocycles. The van der Waals surface area contributed by atoms with E-state index in [1.54, 1.807) is 45.2 Å². The van der Waals surface area contributed by atoms with Crippen LogP contribution in [0.1, 0.15) is 25.6 Å². The van der Waals surface area contributed by atoms with E-state index < -0.39 is 31.4 Å². The topological polar surface area (TPSA) is 139 Å². The number of benzene rings is 1. The molecule has 0 radical (unpaired) electrons. The van der Waals surface area contributed by atoms with Crippen LogP contribution in [0, 0.1) is 5.41 Å². The maximum Gasteiger partial charge on any atom is 0.413 e. The Morgan fingerprint density at radius 2 is 1.89 bits per heavy atom. The standard InChI is InChI=1S/C22H23BrN4O5S4/c1-22(2,3)32-21(28)26-19(24)16-13-17(20(33-4)34-16)35(29,15-9-7-8-14(23)12-15)27-36(30,31)18-10-5-6-11-25-18/h5-13H,1-4H3,(H2,24,26,28). The van der Waals surface area contributed by atoms with E-state index in [9.17, 15) is 17.4 Å². The third-order valence-corrected chi connectivity index (χ3v) is 11.5. The normalized spacial score (nSPS) is 13.5. The Hall–Kier alpha value is -2.26. The Labute approximate surface area is 227 Å². The minimum Gasteiger partial charge on any atom is -0.444 e. The van der Waals surface area contributed by atoms with Crippen LogP contribution in [0.25, 0.3) is 0 Å². The molecule has 14 heteroatoms. The molecule has 3 aromatic rings. The van der Waals surface area contributed by atoms with Crippen molar-refractivity contribution in [2.45, 2.75) is 45.4 Å². The van der Waals surface area contributed by atoms with Crippen molar-refractivity contribution in [3.8, 4) is 0 Å². The number of nitrogens with zero attached hydrogens (tertiary/aromatic N) is 2. The van der Waals surface area contributed by atoms with Crippen LogP contribution in [0.3, 0.4) is 0 Å². The molecule has 0 aliphatic heterocycles. The predicted octanol–water partition coefficient (Wildman–Crippen LogP) is 5.75. The molecule has 2 heterocycles. The van der Waals surface area contributed by atoms with Gasteiger partial charge in [-0.1, -0.05) is 31.8 Å². The summed E-state index contributed by atoms with van der Waals surface area (Å²) in [5.41, 5.74) is -0.761. The number of carbonyl (C=O) groups excluding carboxylic acids is 1. The van der Waals surface area contributed by atoms with Crippen molar-refractivity contribution in [1.29, 1.82) is 5.41 Å². The van der Waals surface area contributed by atoms with Crippen LogP contribution in [0.5, 0.6) is 0 Å². The maximum absolute atomic E-state index is 14.6. The smallest absolute Gasteiger partial charge is 0.413 e. The number of aromatic nitrogens is 1. The van der Waals surface area contributed by atoms with Crippen molar-refractivity contribution in [2.24, 2.45) is 3.77 Å². The Morgan fingerprint density at radius 3 is 2.47 bits per heavy atom. The molecule has 2 N–H and O–H groups in total. The zero-order valence-corrected chi connectivity index (χ0v) is 24.5. The molecule has 0 fully saturated rings. The first-order valence-corrected chi connectivity index (χ1v) is 16.0. The number of thiophene rings is 1. The Balaban J connectivity index is 2.19. The zero-order chi connectivity index (χ0) is 26.7. The van der Waals surface area contributed by atoms with Gasteiger partial charge in [-0.25, -0.2) is 14.0 Å². The van der Waals surface area contributed by atoms with Gasteiger partial charge in [-0.05, 0) is 63.4 Å². The molecule has 2 aromatic heterocycles. The van der Waals surface area contributed by atoms with Crippen LogP contribution in [0.15, 0.2) is 82.0 Å². The van der Waals surface area contributed by atoms with E-state index in [0.29, 0.717) is 8.68 Å². The van der Waals surface area contributed by atoms with Crippen molar-refractivity contribution < 1.29 is 22.2 Å². The molecular weight excluding hydrogens is 608 g/mol. The summed E-state index contributed by atoms with van der Waals surface area (Å²) in [7, 11) is -8.20. The van der Waals surface area contributed by atoms with E-state index in [2.05, 4.69) is 30.0 Å². The first-order valence-electron chi connectivity index (χ1n) is 10.2. The summed E-state index contributed by atoms with van der Waals surface area (Å²) < 4.78 is 51.1. The maximum atomic E-state index is 14.6. The number of rotatable bonds is 6. The van der Waals surface area contributed by atoms with Crippen LogP contribution in [0.2, 0.25) is 0 Å². The van der Waals surface area contributed by atoms with Gasteiger partial charge in [-0.15, -0.1) is 23.1 Å². The monoisotopic (exact) mass is 630 g/mol. The molecule has 3 rings (SSSR count). The highest BCUT2D eigenvalue weighted by atomic mass is 79.9. The number of amides is 1. The summed E-state index contributed by atoms with van der Waals surface area (Å²) in [6.45, 7) is 5.09. The summed E-state index contributed by atoms with van der Waals surface area (Å²) in [5, 5.41) is 10.4. The number of amidine groups is 1. The van der Waals surface area contributed by atoms with E-state index in [0.717, 1.165) is 11.3 Å². The lowest BCUT2D eigenvalue weighted by molar-refractivity contribution is 0.0563. The molecule has 192 valence electrons. The lowest BCUT2D eigenvalue weighted by Crippen LogP contribution is -2.36. The minimum absolute atomic E-state index is 0.114. The second-order valence-corrected chi connectivity index (χ2v) is 15.1. The van der Waals surface area contributed by atoms with Crippen LogP contribution in [0.4, 0.5) is 4.79 Å². The predicted molar refractivity (Wildman–Crippen MR) is 145 cm³/mol. The van der Waals surface area contributed by atoms with Gasteiger partial charge in [-0.3, -0.25) is 10.7 Å². The number of ether oxygens (including phenoxy) is 1. The largest absolute Gasteiger partial charge is 0.444 e. The third-order valence-electron chi connectivity index (χ3n) is 4.24. The van der Waals surface area contributed by atoms with E-state index >= 15 is 0 Å². The molecule has 1 unspecified atom stereocenters. The fraction of sp³-hybridized carbons (Fsp3) is 0.227. The van der Waals surface area contributed by atoms with Gasteiger partial charge < -0.3 is 4.74 Å². The number of carbonyl (C=O) groups is 1. The number of nitrogens with one attached hydrogen (secondary N) is 2. The summed E-state index contributed by atoms with van der Waals surface area (Å²) in [5.74, 6) is -0.278. The Kier molecular flexibility index (Phi) is 8.66. The van der Waals surface area contributed by atoms with E-state index in [1.165, 1.54) is 48.3 Å². The molecule has 1 amide bonds. The van der Waals surface area contributed by atoms with Crippen LogP contribution >= 0.6 is 39.0 Å². The number of alkyl carbamates (subject to hydrolysis) is 1. The Bertz CT molecular complexity index is 1520. The number of hydrogen-bond acceptors (Lipinski definition) is 9. The molecule has 0 aliphatic rings. The summed E-state index contributed by atoms with van der Waals surface area (Å²) >= 11 is 5.65. The minimum atomic E-state index is -4.43. The van der Waals surface area contributed by atoms with Gasteiger partial charge in [0.05, 0.1) is 18.9 Å². The van der Waals surface area contributed by atoms with Gasteiger partial charge in [0.1, 0.15) is 21.2 Å². The highest BCUT2D eigenvalue weighted by Gasteiger charge is 2.29. The first kappa shape index (κ1) is 28.3. The SMILES string of the molecule is CSc1sc(C(=N)NC(=O)OC(C)(C)C)cc1S(=O)(=NS(=O)(=O)c1ccccn1)c1cccc(Br)c1. The van der Waals surface area contributed by atoms with Crippen molar-refractivity contribution in [3.63, 3.8) is 0 Å². The second-order valence-electron chi connectivity index (χ2n) is 8.17. The quantitative estimate of drug-likeness (QED) is 0.201. The van der Waals surface area contributed by atoms with Crippen LogP contribution < -0.4 is 5.32 Å². The number of pyridine rings is 1. The van der Waals surface area contributed by atoms with Crippen LogP contribution in [-0.4, -0.2) is 41.4 Å². The molecule has 9 nitrogen and oxygen atoms in total. The fourth-order valence-corrected chi connectivity index (χ4v) is 9.87. The molecule has 1 atom stereocenters. The van der Waals surface area contributed by atoms with Crippen molar-refractivity contribution in [1.82, 2.24) is 10.3 Å². The molecule has 1 aromatic carbocycles. The van der Waals surface area contributed by atoms with E-state index in [-0.39, 0.29) is 25.5 Å². The van der Waals surface area contributed by atoms with Gasteiger partial charge in [0.25, 0.3) is 0 Å². The fourth-order valence-electron chi connectivity index (χ4n) is 2.81. The van der Waals surface area contributed by atoms with Crippen LogP contribution in [-0.2, 0) is 24.5 Å². The lowest BCUT2D eigenvalue weighted by atomic mass is 10.2. The molecule has 0 saturated carbocycles. The van der Waals surface area contributed by atoms with Gasteiger partial charge in [0.2, 0.25) is 0 Å². The molecule has 0 spiro atoms. The number of sulfonamides is 1. The first-order chi connectivity index (χ1) is 16.7. The average molecular weight is 632 g/mol. The number of thioether (sulfide) groups is 1. The third kappa shape index (κ3) is 6.73. The van der Waals surface area contributed by atoms with E-state index in [1.807, 2.05) is 0 Å². The highest BCUT2D eigenvalue weighted by Crippen LogP contribution is 2.39. The zero-order valence-electron chi connectivity index (χ0n) is 19.6. The summed E-state index contributed by atoms with van der Waals surface area (Å²) in [6, 6.07) is 12.1. The Morgan fingerprint density at radius 1 is 1.17 bits per heavy atom.